The van der Waals surface area contributed by atoms with Gasteiger partial charge in [-0.1, -0.05) is 43.6 Å². The molecule has 0 saturated carbocycles. The Hall–Kier alpha value is -0.540. The molecule has 1 rings (SSSR count). The molecule has 0 spiro atoms. The highest BCUT2D eigenvalue weighted by Crippen LogP contribution is 2.23. The van der Waals surface area contributed by atoms with Gasteiger partial charge in [0.15, 0.2) is 0 Å². The van der Waals surface area contributed by atoms with Gasteiger partial charge in [-0.15, -0.1) is 0 Å². The van der Waals surface area contributed by atoms with E-state index in [1.165, 1.54) is 12.0 Å². The Balaban J connectivity index is 2.55. The second-order valence-corrected chi connectivity index (χ2v) is 6.59. The van der Waals surface area contributed by atoms with Crippen LogP contribution in [0.4, 0.5) is 0 Å². The lowest BCUT2D eigenvalue weighted by Crippen LogP contribution is -2.22. The molecule has 0 aliphatic heterocycles. The lowest BCUT2D eigenvalue weighted by Gasteiger charge is -2.14. The van der Waals surface area contributed by atoms with Crippen LogP contribution in [-0.2, 0) is 6.54 Å². The molecule has 19 heavy (non-hydrogen) atoms. The van der Waals surface area contributed by atoms with E-state index < -0.39 is 0 Å². The molecule has 2 nitrogen and oxygen atoms in total. The van der Waals surface area contributed by atoms with Gasteiger partial charge in [0.1, 0.15) is 5.75 Å². The lowest BCUT2D eigenvalue weighted by molar-refractivity contribution is 0.294. The number of benzene rings is 1. The minimum Gasteiger partial charge on any atom is -0.493 e. The third-order valence-corrected chi connectivity index (χ3v) is 3.40. The van der Waals surface area contributed by atoms with Crippen molar-refractivity contribution in [1.29, 1.82) is 0 Å². The highest BCUT2D eigenvalue weighted by Gasteiger charge is 2.06. The summed E-state index contributed by atoms with van der Waals surface area (Å²) >= 11 is 3.52. The molecule has 0 aromatic heterocycles. The molecule has 108 valence electrons. The first-order chi connectivity index (χ1) is 8.99. The number of rotatable bonds is 8. The van der Waals surface area contributed by atoms with Gasteiger partial charge < -0.3 is 10.1 Å². The van der Waals surface area contributed by atoms with Crippen LogP contribution in [-0.4, -0.2) is 12.6 Å². The summed E-state index contributed by atoms with van der Waals surface area (Å²) in [7, 11) is 0. The summed E-state index contributed by atoms with van der Waals surface area (Å²) in [5.74, 6) is 1.75. The summed E-state index contributed by atoms with van der Waals surface area (Å²) in [5.41, 5.74) is 1.22. The summed E-state index contributed by atoms with van der Waals surface area (Å²) in [6.45, 7) is 10.4. The van der Waals surface area contributed by atoms with Gasteiger partial charge in [0.25, 0.3) is 0 Å². The van der Waals surface area contributed by atoms with Crippen molar-refractivity contribution in [2.75, 3.05) is 6.61 Å². The largest absolute Gasteiger partial charge is 0.493 e. The van der Waals surface area contributed by atoms with Gasteiger partial charge in [0, 0.05) is 22.6 Å². The van der Waals surface area contributed by atoms with Crippen LogP contribution in [0.5, 0.6) is 5.75 Å². The van der Waals surface area contributed by atoms with Gasteiger partial charge in [-0.3, -0.25) is 0 Å². The first-order valence-corrected chi connectivity index (χ1v) is 7.93. The number of nitrogens with one attached hydrogen (secondary N) is 1. The summed E-state index contributed by atoms with van der Waals surface area (Å²) in [6, 6.07) is 6.70. The maximum absolute atomic E-state index is 5.91. The molecule has 0 amide bonds. The maximum Gasteiger partial charge on any atom is 0.123 e. The highest BCUT2D eigenvalue weighted by molar-refractivity contribution is 9.10. The summed E-state index contributed by atoms with van der Waals surface area (Å²) in [5, 5.41) is 3.44. The minimum absolute atomic E-state index is 0.479. The fourth-order valence-corrected chi connectivity index (χ4v) is 2.22. The topological polar surface area (TPSA) is 21.3 Å². The van der Waals surface area contributed by atoms with Gasteiger partial charge in [-0.25, -0.2) is 0 Å². The van der Waals surface area contributed by atoms with Crippen LogP contribution in [0.25, 0.3) is 0 Å². The molecule has 0 bridgehead atoms. The predicted molar refractivity (Wildman–Crippen MR) is 85.7 cm³/mol. The molecule has 1 aromatic rings. The smallest absolute Gasteiger partial charge is 0.123 e. The molecule has 0 atom stereocenters. The molecular formula is C16H26BrNO. The molecule has 3 heteroatoms. The number of hydrogen-bond donors (Lipinski definition) is 1. The predicted octanol–water partition coefficient (Wildman–Crippen LogP) is 4.76. The van der Waals surface area contributed by atoms with E-state index in [9.17, 15) is 0 Å². The van der Waals surface area contributed by atoms with Crippen molar-refractivity contribution in [2.45, 2.75) is 53.1 Å². The molecule has 0 aliphatic carbocycles. The Bertz CT molecular complexity index is 377. The zero-order chi connectivity index (χ0) is 14.3. The second-order valence-electron chi connectivity index (χ2n) is 5.67. The summed E-state index contributed by atoms with van der Waals surface area (Å²) in [6.07, 6.45) is 2.33. The molecule has 0 radical (unpaired) electrons. The molecule has 0 fully saturated rings. The molecule has 0 saturated heterocycles. The van der Waals surface area contributed by atoms with Gasteiger partial charge in [-0.05, 0) is 37.0 Å². The standard InChI is InChI=1S/C16H26BrNO/c1-12(2)6-5-9-19-16-8-7-15(17)10-14(16)11-18-13(3)4/h7-8,10,12-13,18H,5-6,9,11H2,1-4H3. The average molecular weight is 328 g/mol. The Morgan fingerprint density at radius 3 is 2.58 bits per heavy atom. The molecule has 0 unspecified atom stereocenters. The molecule has 1 aromatic carbocycles. The quantitative estimate of drug-likeness (QED) is 0.695. The molecule has 0 heterocycles. The van der Waals surface area contributed by atoms with Crippen LogP contribution in [0.2, 0.25) is 0 Å². The number of halogens is 1. The van der Waals surface area contributed by atoms with Crippen molar-refractivity contribution in [3.05, 3.63) is 28.2 Å². The number of ether oxygens (including phenoxy) is 1. The Kier molecular flexibility index (Phi) is 7.47. The van der Waals surface area contributed by atoms with Crippen molar-refractivity contribution in [3.63, 3.8) is 0 Å². The highest BCUT2D eigenvalue weighted by atomic mass is 79.9. The van der Waals surface area contributed by atoms with Gasteiger partial charge in [0.2, 0.25) is 0 Å². The van der Waals surface area contributed by atoms with Crippen molar-refractivity contribution in [1.82, 2.24) is 5.32 Å². The van der Waals surface area contributed by atoms with Gasteiger partial charge in [-0.2, -0.15) is 0 Å². The molecule has 0 aliphatic rings. The first-order valence-electron chi connectivity index (χ1n) is 7.13. The van der Waals surface area contributed by atoms with Crippen molar-refractivity contribution < 1.29 is 4.74 Å². The Morgan fingerprint density at radius 1 is 1.21 bits per heavy atom. The first kappa shape index (κ1) is 16.5. The van der Waals surface area contributed by atoms with Crippen LogP contribution >= 0.6 is 15.9 Å². The van der Waals surface area contributed by atoms with Crippen LogP contribution in [0.3, 0.4) is 0 Å². The SMILES string of the molecule is CC(C)CCCOc1ccc(Br)cc1CNC(C)C. The van der Waals surface area contributed by atoms with E-state index in [0.29, 0.717) is 6.04 Å². The Morgan fingerprint density at radius 2 is 1.95 bits per heavy atom. The molecular weight excluding hydrogens is 302 g/mol. The van der Waals surface area contributed by atoms with E-state index in [2.05, 4.69) is 61.1 Å². The second kappa shape index (κ2) is 8.60. The van der Waals surface area contributed by atoms with E-state index in [-0.39, 0.29) is 0 Å². The average Bonchev–Trinajstić information content (AvgIpc) is 2.33. The van der Waals surface area contributed by atoms with E-state index >= 15 is 0 Å². The zero-order valence-corrected chi connectivity index (χ0v) is 14.1. The van der Waals surface area contributed by atoms with Crippen LogP contribution in [0.1, 0.15) is 46.1 Å². The van der Waals surface area contributed by atoms with Gasteiger partial charge >= 0.3 is 0 Å². The van der Waals surface area contributed by atoms with Crippen molar-refractivity contribution >= 4 is 15.9 Å². The van der Waals surface area contributed by atoms with Crippen LogP contribution in [0.15, 0.2) is 22.7 Å². The maximum atomic E-state index is 5.91. The van der Waals surface area contributed by atoms with E-state index in [1.807, 2.05) is 6.07 Å². The minimum atomic E-state index is 0.479. The monoisotopic (exact) mass is 327 g/mol. The van der Waals surface area contributed by atoms with E-state index in [1.54, 1.807) is 0 Å². The summed E-state index contributed by atoms with van der Waals surface area (Å²) in [4.78, 5) is 0. The van der Waals surface area contributed by atoms with Crippen LogP contribution in [0, 0.1) is 5.92 Å². The lowest BCUT2D eigenvalue weighted by atomic mass is 10.1. The third-order valence-electron chi connectivity index (χ3n) is 2.91. The van der Waals surface area contributed by atoms with Crippen LogP contribution < -0.4 is 10.1 Å². The Labute approximate surface area is 126 Å². The fourth-order valence-electron chi connectivity index (χ4n) is 1.81. The van der Waals surface area contributed by atoms with E-state index in [4.69, 9.17) is 4.74 Å². The van der Waals surface area contributed by atoms with Crippen molar-refractivity contribution in [3.8, 4) is 5.75 Å². The fraction of sp³-hybridized carbons (Fsp3) is 0.625. The van der Waals surface area contributed by atoms with E-state index in [0.717, 1.165) is 35.7 Å². The zero-order valence-electron chi connectivity index (χ0n) is 12.5. The third kappa shape index (κ3) is 6.98. The van der Waals surface area contributed by atoms with Crippen molar-refractivity contribution in [2.24, 2.45) is 5.92 Å². The number of hydrogen-bond acceptors (Lipinski definition) is 2. The van der Waals surface area contributed by atoms with Gasteiger partial charge in [0.05, 0.1) is 6.61 Å². The molecule has 1 N–H and O–H groups in total. The normalized spacial score (nSPS) is 11.3. The summed E-state index contributed by atoms with van der Waals surface area (Å²) < 4.78 is 7.01.